The first-order valence-corrected chi connectivity index (χ1v) is 10.7. The van der Waals surface area contributed by atoms with Gasteiger partial charge in [-0.05, 0) is 48.2 Å². The van der Waals surface area contributed by atoms with Crippen molar-refractivity contribution in [3.05, 3.63) is 88.6 Å². The Bertz CT molecular complexity index is 1230. The topological polar surface area (TPSA) is 92.6 Å². The van der Waals surface area contributed by atoms with E-state index in [9.17, 15) is 14.7 Å². The lowest BCUT2D eigenvalue weighted by Gasteiger charge is -2.24. The number of anilines is 1. The average molecular weight is 444 g/mol. The zero-order valence-corrected chi connectivity index (χ0v) is 18.9. The van der Waals surface area contributed by atoms with Crippen LogP contribution in [0, 0.1) is 6.92 Å². The molecule has 1 fully saturated rings. The lowest BCUT2D eigenvalue weighted by Crippen LogP contribution is -2.30. The van der Waals surface area contributed by atoms with Crippen LogP contribution < -0.4 is 9.64 Å². The standard InChI is InChI=1S/C26H25N3O4/c1-15(2)17-9-11-18(12-10-17)23-22(24(30)19-6-5-7-20(14-19)33-4)25(31)26(32)29(23)21-13-8-16(3)27-28-21/h5-15,23,30H,1-4H3. The predicted octanol–water partition coefficient (Wildman–Crippen LogP) is 4.54. The van der Waals surface area contributed by atoms with Crippen LogP contribution in [0.5, 0.6) is 5.75 Å². The van der Waals surface area contributed by atoms with Crippen LogP contribution in [-0.4, -0.2) is 34.1 Å². The minimum absolute atomic E-state index is 0.00655. The highest BCUT2D eigenvalue weighted by Crippen LogP contribution is 2.42. The van der Waals surface area contributed by atoms with Crippen LogP contribution in [0.4, 0.5) is 5.82 Å². The summed E-state index contributed by atoms with van der Waals surface area (Å²) in [6.45, 7) is 5.97. The second-order valence-electron chi connectivity index (χ2n) is 8.26. The van der Waals surface area contributed by atoms with Crippen molar-refractivity contribution in [2.24, 2.45) is 0 Å². The molecular weight excluding hydrogens is 418 g/mol. The number of hydrogen-bond donors (Lipinski definition) is 1. The first kappa shape index (κ1) is 22.2. The van der Waals surface area contributed by atoms with E-state index in [-0.39, 0.29) is 17.2 Å². The maximum absolute atomic E-state index is 13.2. The number of aryl methyl sites for hydroxylation is 1. The summed E-state index contributed by atoms with van der Waals surface area (Å²) in [5.74, 6) is -0.732. The largest absolute Gasteiger partial charge is 0.507 e. The number of rotatable bonds is 5. The summed E-state index contributed by atoms with van der Waals surface area (Å²) in [6.07, 6.45) is 0. The van der Waals surface area contributed by atoms with Crippen molar-refractivity contribution in [1.82, 2.24) is 10.2 Å². The van der Waals surface area contributed by atoms with Crippen molar-refractivity contribution in [2.45, 2.75) is 32.7 Å². The molecule has 168 valence electrons. The number of aliphatic hydroxyl groups excluding tert-OH is 1. The molecule has 0 radical (unpaired) electrons. The molecule has 0 spiro atoms. The molecule has 0 bridgehead atoms. The third-order valence-electron chi connectivity index (χ3n) is 5.74. The summed E-state index contributed by atoms with van der Waals surface area (Å²) in [4.78, 5) is 27.6. The van der Waals surface area contributed by atoms with E-state index in [0.29, 0.717) is 28.5 Å². The maximum Gasteiger partial charge on any atom is 0.301 e. The van der Waals surface area contributed by atoms with Gasteiger partial charge in [-0.25, -0.2) is 0 Å². The molecule has 33 heavy (non-hydrogen) atoms. The van der Waals surface area contributed by atoms with Gasteiger partial charge in [-0.1, -0.05) is 50.2 Å². The number of aromatic nitrogens is 2. The Labute approximate surface area is 192 Å². The van der Waals surface area contributed by atoms with Gasteiger partial charge in [-0.15, -0.1) is 5.10 Å². The van der Waals surface area contributed by atoms with Gasteiger partial charge < -0.3 is 9.84 Å². The normalized spacial score (nSPS) is 17.6. The van der Waals surface area contributed by atoms with Crippen molar-refractivity contribution in [3.63, 3.8) is 0 Å². The van der Waals surface area contributed by atoms with Crippen LogP contribution in [0.2, 0.25) is 0 Å². The van der Waals surface area contributed by atoms with Crippen LogP contribution in [0.1, 0.15) is 48.2 Å². The van der Waals surface area contributed by atoms with Crippen LogP contribution in [0.15, 0.2) is 66.2 Å². The van der Waals surface area contributed by atoms with Crippen LogP contribution in [-0.2, 0) is 9.59 Å². The number of ether oxygens (including phenoxy) is 1. The van der Waals surface area contributed by atoms with E-state index in [4.69, 9.17) is 4.74 Å². The number of benzene rings is 2. The Morgan fingerprint density at radius 1 is 1.03 bits per heavy atom. The third kappa shape index (κ3) is 4.09. The zero-order valence-electron chi connectivity index (χ0n) is 18.9. The van der Waals surface area contributed by atoms with Crippen LogP contribution in [0.3, 0.4) is 0 Å². The smallest absolute Gasteiger partial charge is 0.301 e. The van der Waals surface area contributed by atoms with Gasteiger partial charge in [0.15, 0.2) is 5.82 Å². The number of carbonyl (C=O) groups is 2. The fourth-order valence-corrected chi connectivity index (χ4v) is 3.89. The first-order valence-electron chi connectivity index (χ1n) is 10.7. The predicted molar refractivity (Wildman–Crippen MR) is 125 cm³/mol. The number of aliphatic hydroxyl groups is 1. The number of amides is 1. The fraction of sp³-hybridized carbons (Fsp3) is 0.231. The van der Waals surface area contributed by atoms with Gasteiger partial charge in [0.1, 0.15) is 11.5 Å². The summed E-state index contributed by atoms with van der Waals surface area (Å²) in [6, 6.07) is 16.9. The molecule has 1 unspecified atom stereocenters. The highest BCUT2D eigenvalue weighted by atomic mass is 16.5. The second kappa shape index (κ2) is 8.86. The number of Topliss-reactive ketones (excluding diaryl/α,β-unsaturated/α-hetero) is 1. The Kier molecular flexibility index (Phi) is 5.96. The number of methoxy groups -OCH3 is 1. The van der Waals surface area contributed by atoms with Crippen LogP contribution in [0.25, 0.3) is 5.76 Å². The molecule has 2 aromatic carbocycles. The summed E-state index contributed by atoms with van der Waals surface area (Å²) in [7, 11) is 1.52. The van der Waals surface area contributed by atoms with Gasteiger partial charge in [0.2, 0.25) is 0 Å². The molecule has 1 atom stereocenters. The molecular formula is C26H25N3O4. The number of ketones is 1. The summed E-state index contributed by atoms with van der Waals surface area (Å²) < 4.78 is 5.25. The third-order valence-corrected chi connectivity index (χ3v) is 5.74. The lowest BCUT2D eigenvalue weighted by atomic mass is 9.93. The van der Waals surface area contributed by atoms with E-state index >= 15 is 0 Å². The van der Waals surface area contributed by atoms with E-state index in [1.54, 1.807) is 43.3 Å². The van der Waals surface area contributed by atoms with Gasteiger partial charge in [0, 0.05) is 5.56 Å². The molecule has 2 heterocycles. The minimum atomic E-state index is -0.852. The van der Waals surface area contributed by atoms with Gasteiger partial charge in [0.05, 0.1) is 24.4 Å². The first-order chi connectivity index (χ1) is 15.8. The number of carbonyl (C=O) groups excluding carboxylic acids is 2. The molecule has 0 aliphatic carbocycles. The molecule has 1 N–H and O–H groups in total. The van der Waals surface area contributed by atoms with Crippen molar-refractivity contribution in [1.29, 1.82) is 0 Å². The average Bonchev–Trinajstić information content (AvgIpc) is 3.09. The summed E-state index contributed by atoms with van der Waals surface area (Å²) >= 11 is 0. The second-order valence-corrected chi connectivity index (χ2v) is 8.26. The van der Waals surface area contributed by atoms with Crippen molar-refractivity contribution in [2.75, 3.05) is 12.0 Å². The van der Waals surface area contributed by atoms with Gasteiger partial charge in [-0.3, -0.25) is 14.5 Å². The van der Waals surface area contributed by atoms with Crippen molar-refractivity contribution < 1.29 is 19.4 Å². The molecule has 7 heteroatoms. The van der Waals surface area contributed by atoms with E-state index < -0.39 is 17.7 Å². The van der Waals surface area contributed by atoms with Crippen LogP contribution >= 0.6 is 0 Å². The Balaban J connectivity index is 1.92. The molecule has 1 aliphatic rings. The van der Waals surface area contributed by atoms with E-state index in [1.807, 2.05) is 24.3 Å². The monoisotopic (exact) mass is 443 g/mol. The Hall–Kier alpha value is -4.00. The molecule has 0 saturated carbocycles. The van der Waals surface area contributed by atoms with Crippen molar-refractivity contribution in [3.8, 4) is 5.75 Å². The molecule has 4 rings (SSSR count). The number of hydrogen-bond acceptors (Lipinski definition) is 6. The fourth-order valence-electron chi connectivity index (χ4n) is 3.89. The molecule has 1 saturated heterocycles. The minimum Gasteiger partial charge on any atom is -0.507 e. The summed E-state index contributed by atoms with van der Waals surface area (Å²) in [5, 5.41) is 19.4. The molecule has 7 nitrogen and oxygen atoms in total. The summed E-state index contributed by atoms with van der Waals surface area (Å²) in [5.41, 5.74) is 2.87. The van der Waals surface area contributed by atoms with E-state index in [0.717, 1.165) is 5.56 Å². The SMILES string of the molecule is COc1cccc(C(O)=C2C(=O)C(=O)N(c3ccc(C)nn3)C2c2ccc(C(C)C)cc2)c1. The Morgan fingerprint density at radius 3 is 2.36 bits per heavy atom. The highest BCUT2D eigenvalue weighted by molar-refractivity contribution is 6.51. The zero-order chi connectivity index (χ0) is 23.7. The van der Waals surface area contributed by atoms with E-state index in [2.05, 4.69) is 24.0 Å². The molecule has 1 aliphatic heterocycles. The highest BCUT2D eigenvalue weighted by Gasteiger charge is 2.47. The maximum atomic E-state index is 13.2. The van der Waals surface area contributed by atoms with Crippen molar-refractivity contribution >= 4 is 23.3 Å². The lowest BCUT2D eigenvalue weighted by molar-refractivity contribution is -0.132. The molecule has 1 aromatic heterocycles. The quantitative estimate of drug-likeness (QED) is 0.353. The van der Waals surface area contributed by atoms with Gasteiger partial charge >= 0.3 is 5.91 Å². The molecule has 1 amide bonds. The van der Waals surface area contributed by atoms with Gasteiger partial charge in [0.25, 0.3) is 5.78 Å². The van der Waals surface area contributed by atoms with E-state index in [1.165, 1.54) is 12.0 Å². The molecule has 3 aromatic rings. The number of nitrogens with zero attached hydrogens (tertiary/aromatic N) is 3. The Morgan fingerprint density at radius 2 is 1.76 bits per heavy atom. The van der Waals surface area contributed by atoms with Gasteiger partial charge in [-0.2, -0.15) is 5.10 Å².